The summed E-state index contributed by atoms with van der Waals surface area (Å²) in [5, 5.41) is 6.74. The highest BCUT2D eigenvalue weighted by molar-refractivity contribution is 5.80. The van der Waals surface area contributed by atoms with E-state index in [2.05, 4.69) is 50.2 Å². The van der Waals surface area contributed by atoms with Crippen molar-refractivity contribution in [2.75, 3.05) is 13.2 Å². The summed E-state index contributed by atoms with van der Waals surface area (Å²) in [6.45, 7) is 12.2. The van der Waals surface area contributed by atoms with Gasteiger partial charge in [0.05, 0.1) is 6.54 Å². The Kier molecular flexibility index (Phi) is 8.96. The van der Waals surface area contributed by atoms with Crippen LogP contribution in [0.2, 0.25) is 0 Å². The van der Waals surface area contributed by atoms with Crippen molar-refractivity contribution in [3.05, 3.63) is 29.8 Å². The summed E-state index contributed by atoms with van der Waals surface area (Å²) in [5.41, 5.74) is 6.44. The molecule has 26 heavy (non-hydrogen) atoms. The number of guanidine groups is 1. The minimum atomic E-state index is -0.490. The smallest absolute Gasteiger partial charge is 0.255 e. The Balaban J connectivity index is 2.65. The van der Waals surface area contributed by atoms with E-state index in [0.717, 1.165) is 30.9 Å². The number of carbonyl (C=O) groups excluding carboxylic acids is 1. The molecule has 0 saturated carbocycles. The molecule has 0 aromatic heterocycles. The third-order valence-corrected chi connectivity index (χ3v) is 3.75. The van der Waals surface area contributed by atoms with Gasteiger partial charge in [0.2, 0.25) is 0 Å². The maximum Gasteiger partial charge on any atom is 0.255 e. The Hall–Kier alpha value is -2.24. The van der Waals surface area contributed by atoms with E-state index in [0.29, 0.717) is 23.8 Å². The van der Waals surface area contributed by atoms with Gasteiger partial charge in [0.25, 0.3) is 5.91 Å². The van der Waals surface area contributed by atoms with Gasteiger partial charge in [-0.3, -0.25) is 4.79 Å². The van der Waals surface area contributed by atoms with Gasteiger partial charge in [-0.2, -0.15) is 0 Å². The summed E-state index contributed by atoms with van der Waals surface area (Å²) in [6, 6.07) is 7.88. The zero-order valence-electron chi connectivity index (χ0n) is 16.8. The van der Waals surface area contributed by atoms with Gasteiger partial charge in [-0.05, 0) is 49.8 Å². The number of carbonyl (C=O) groups is 1. The molecule has 0 aliphatic rings. The van der Waals surface area contributed by atoms with E-state index >= 15 is 0 Å². The molecule has 6 nitrogen and oxygen atoms in total. The number of hydrogen-bond donors (Lipinski definition) is 3. The minimum absolute atomic E-state index is 0.123. The SMILES string of the molecule is CCNC(=NCc1cccc(OCC(N)=O)c1)NC(C)CCC(C)(C)C. The second kappa shape index (κ2) is 10.7. The standard InChI is InChI=1S/C20H34N4O2/c1-6-22-19(24-15(2)10-11-20(3,4)5)23-13-16-8-7-9-17(12-16)26-14-18(21)25/h7-9,12,15H,6,10-11,13-14H2,1-5H3,(H2,21,25)(H2,22,23,24). The molecule has 0 spiro atoms. The maximum absolute atomic E-state index is 10.8. The van der Waals surface area contributed by atoms with Crippen LogP contribution in [-0.4, -0.2) is 31.1 Å². The van der Waals surface area contributed by atoms with Gasteiger partial charge >= 0.3 is 0 Å². The van der Waals surface area contributed by atoms with Crippen LogP contribution in [0.5, 0.6) is 5.75 Å². The van der Waals surface area contributed by atoms with Crippen molar-refractivity contribution < 1.29 is 9.53 Å². The second-order valence-corrected chi connectivity index (χ2v) is 7.74. The Morgan fingerprint density at radius 1 is 1.35 bits per heavy atom. The van der Waals surface area contributed by atoms with Crippen molar-refractivity contribution >= 4 is 11.9 Å². The molecular formula is C20H34N4O2. The molecule has 0 aliphatic heterocycles. The zero-order valence-corrected chi connectivity index (χ0v) is 16.8. The molecular weight excluding hydrogens is 328 g/mol. The summed E-state index contributed by atoms with van der Waals surface area (Å²) in [6.07, 6.45) is 2.24. The van der Waals surface area contributed by atoms with Gasteiger partial charge in [-0.1, -0.05) is 32.9 Å². The van der Waals surface area contributed by atoms with Crippen molar-refractivity contribution in [1.29, 1.82) is 0 Å². The van der Waals surface area contributed by atoms with Crippen LogP contribution < -0.4 is 21.1 Å². The first-order valence-corrected chi connectivity index (χ1v) is 9.24. The highest BCUT2D eigenvalue weighted by Crippen LogP contribution is 2.21. The number of nitrogens with two attached hydrogens (primary N) is 1. The summed E-state index contributed by atoms with van der Waals surface area (Å²) >= 11 is 0. The number of amides is 1. The highest BCUT2D eigenvalue weighted by atomic mass is 16.5. The Morgan fingerprint density at radius 3 is 2.69 bits per heavy atom. The van der Waals surface area contributed by atoms with E-state index in [1.54, 1.807) is 6.07 Å². The topological polar surface area (TPSA) is 88.7 Å². The van der Waals surface area contributed by atoms with E-state index in [1.807, 2.05) is 18.2 Å². The van der Waals surface area contributed by atoms with Crippen LogP contribution in [0.15, 0.2) is 29.3 Å². The molecule has 1 aromatic carbocycles. The van der Waals surface area contributed by atoms with Gasteiger partial charge < -0.3 is 21.1 Å². The fourth-order valence-electron chi connectivity index (χ4n) is 2.33. The number of hydrogen-bond acceptors (Lipinski definition) is 3. The average molecular weight is 363 g/mol. The number of primary amides is 1. The molecule has 1 aromatic rings. The third kappa shape index (κ3) is 9.91. The Morgan fingerprint density at radius 2 is 2.08 bits per heavy atom. The van der Waals surface area contributed by atoms with Crippen LogP contribution in [0, 0.1) is 5.41 Å². The molecule has 0 heterocycles. The van der Waals surface area contributed by atoms with Crippen LogP contribution in [0.4, 0.5) is 0 Å². The first kappa shape index (κ1) is 21.8. The molecule has 4 N–H and O–H groups in total. The zero-order chi connectivity index (χ0) is 19.6. The quantitative estimate of drug-likeness (QED) is 0.465. The minimum Gasteiger partial charge on any atom is -0.484 e. The summed E-state index contributed by atoms with van der Waals surface area (Å²) in [5.74, 6) is 0.932. The largest absolute Gasteiger partial charge is 0.484 e. The monoisotopic (exact) mass is 362 g/mol. The molecule has 1 unspecified atom stereocenters. The maximum atomic E-state index is 10.8. The lowest BCUT2D eigenvalue weighted by molar-refractivity contribution is -0.119. The molecule has 146 valence electrons. The van der Waals surface area contributed by atoms with Gasteiger partial charge in [0, 0.05) is 12.6 Å². The van der Waals surface area contributed by atoms with Crippen molar-refractivity contribution in [2.24, 2.45) is 16.1 Å². The van der Waals surface area contributed by atoms with E-state index in [4.69, 9.17) is 10.5 Å². The predicted molar refractivity (Wildman–Crippen MR) is 107 cm³/mol. The van der Waals surface area contributed by atoms with Crippen LogP contribution in [-0.2, 0) is 11.3 Å². The average Bonchev–Trinajstić information content (AvgIpc) is 2.56. The number of nitrogens with zero attached hydrogens (tertiary/aromatic N) is 1. The summed E-state index contributed by atoms with van der Waals surface area (Å²) in [7, 11) is 0. The van der Waals surface area contributed by atoms with Crippen LogP contribution in [0.1, 0.15) is 53.0 Å². The van der Waals surface area contributed by atoms with Crippen LogP contribution in [0.25, 0.3) is 0 Å². The lowest BCUT2D eigenvalue weighted by Crippen LogP contribution is -2.42. The number of aliphatic imine (C=N–C) groups is 1. The normalized spacial score (nSPS) is 13.2. The van der Waals surface area contributed by atoms with Crippen molar-refractivity contribution in [3.63, 3.8) is 0 Å². The van der Waals surface area contributed by atoms with E-state index < -0.39 is 5.91 Å². The predicted octanol–water partition coefficient (Wildman–Crippen LogP) is 2.82. The summed E-state index contributed by atoms with van der Waals surface area (Å²) < 4.78 is 5.34. The molecule has 0 aliphatic carbocycles. The van der Waals surface area contributed by atoms with Crippen molar-refractivity contribution in [2.45, 2.75) is 60.0 Å². The molecule has 0 fully saturated rings. The van der Waals surface area contributed by atoms with Crippen molar-refractivity contribution in [1.82, 2.24) is 10.6 Å². The number of nitrogens with one attached hydrogen (secondary N) is 2. The first-order valence-electron chi connectivity index (χ1n) is 9.24. The molecule has 0 saturated heterocycles. The van der Waals surface area contributed by atoms with E-state index in [9.17, 15) is 4.79 Å². The van der Waals surface area contributed by atoms with Crippen molar-refractivity contribution in [3.8, 4) is 5.75 Å². The molecule has 0 radical (unpaired) electrons. The lowest BCUT2D eigenvalue weighted by atomic mass is 9.89. The fraction of sp³-hybridized carbons (Fsp3) is 0.600. The number of ether oxygens (including phenoxy) is 1. The molecule has 1 rings (SSSR count). The van der Waals surface area contributed by atoms with Gasteiger partial charge in [0.1, 0.15) is 5.75 Å². The Labute approximate surface area is 157 Å². The fourth-order valence-corrected chi connectivity index (χ4v) is 2.33. The van der Waals surface area contributed by atoms with Gasteiger partial charge in [-0.15, -0.1) is 0 Å². The van der Waals surface area contributed by atoms with Crippen LogP contribution >= 0.6 is 0 Å². The van der Waals surface area contributed by atoms with Gasteiger partial charge in [0.15, 0.2) is 12.6 Å². The number of benzene rings is 1. The van der Waals surface area contributed by atoms with Gasteiger partial charge in [-0.25, -0.2) is 4.99 Å². The molecule has 6 heteroatoms. The Bertz CT molecular complexity index is 594. The van der Waals surface area contributed by atoms with E-state index in [1.165, 1.54) is 0 Å². The second-order valence-electron chi connectivity index (χ2n) is 7.74. The first-order chi connectivity index (χ1) is 12.2. The molecule has 0 bridgehead atoms. The molecule has 1 atom stereocenters. The summed E-state index contributed by atoms with van der Waals surface area (Å²) in [4.78, 5) is 15.5. The molecule has 1 amide bonds. The third-order valence-electron chi connectivity index (χ3n) is 3.75. The number of rotatable bonds is 9. The van der Waals surface area contributed by atoms with E-state index in [-0.39, 0.29) is 6.61 Å². The van der Waals surface area contributed by atoms with Crippen LogP contribution in [0.3, 0.4) is 0 Å². The lowest BCUT2D eigenvalue weighted by Gasteiger charge is -2.23. The highest BCUT2D eigenvalue weighted by Gasteiger charge is 2.13.